The van der Waals surface area contributed by atoms with E-state index < -0.39 is 0 Å². The number of anilines is 2. The van der Waals surface area contributed by atoms with Crippen LogP contribution >= 0.6 is 12.4 Å². The van der Waals surface area contributed by atoms with Gasteiger partial charge in [0, 0.05) is 29.4 Å². The number of fused-ring (bicyclic) bond motifs is 1. The average Bonchev–Trinajstić information content (AvgIpc) is 3.16. The quantitative estimate of drug-likeness (QED) is 0.651. The molecule has 0 bridgehead atoms. The third-order valence-corrected chi connectivity index (χ3v) is 4.39. The highest BCUT2D eigenvalue weighted by Crippen LogP contribution is 2.27. The minimum absolute atomic E-state index is 0. The van der Waals surface area contributed by atoms with Crippen molar-refractivity contribution in [1.82, 2.24) is 15.5 Å². The highest BCUT2D eigenvalue weighted by atomic mass is 35.5. The van der Waals surface area contributed by atoms with Crippen LogP contribution < -0.4 is 16.0 Å². The van der Waals surface area contributed by atoms with Crippen molar-refractivity contribution in [2.24, 2.45) is 0 Å². The van der Waals surface area contributed by atoms with Crippen molar-refractivity contribution in [3.05, 3.63) is 48.4 Å². The SMILES string of the molecule is Cl.O=C(Nc1ccon1)c1ccc(NC2CCNCC2)c2cccnc12. The summed E-state index contributed by atoms with van der Waals surface area (Å²) in [7, 11) is 0. The number of pyridine rings is 1. The van der Waals surface area contributed by atoms with E-state index >= 15 is 0 Å². The van der Waals surface area contributed by atoms with Gasteiger partial charge in [-0.05, 0) is 50.2 Å². The molecule has 7 nitrogen and oxygen atoms in total. The number of nitrogens with zero attached hydrogens (tertiary/aromatic N) is 2. The normalized spacial score (nSPS) is 14.6. The van der Waals surface area contributed by atoms with Crippen molar-refractivity contribution in [2.45, 2.75) is 18.9 Å². The number of nitrogens with one attached hydrogen (secondary N) is 3. The molecule has 3 heterocycles. The van der Waals surface area contributed by atoms with Crippen LogP contribution in [0.1, 0.15) is 23.2 Å². The predicted molar refractivity (Wildman–Crippen MR) is 103 cm³/mol. The molecule has 0 atom stereocenters. The van der Waals surface area contributed by atoms with Crippen LogP contribution in [-0.2, 0) is 0 Å². The summed E-state index contributed by atoms with van der Waals surface area (Å²) in [5.74, 6) is 0.122. The maximum atomic E-state index is 12.6. The molecule has 1 aromatic carbocycles. The minimum Gasteiger partial charge on any atom is -0.382 e. The summed E-state index contributed by atoms with van der Waals surface area (Å²) >= 11 is 0. The number of halogens is 1. The summed E-state index contributed by atoms with van der Waals surface area (Å²) < 4.78 is 4.75. The molecular weight excluding hydrogens is 354 g/mol. The van der Waals surface area contributed by atoms with Gasteiger partial charge in [0.2, 0.25) is 0 Å². The number of hydrogen-bond donors (Lipinski definition) is 3. The summed E-state index contributed by atoms with van der Waals surface area (Å²) in [6, 6.07) is 9.64. The maximum absolute atomic E-state index is 12.6. The molecule has 3 N–H and O–H groups in total. The van der Waals surface area contributed by atoms with Crippen molar-refractivity contribution < 1.29 is 9.32 Å². The first-order chi connectivity index (χ1) is 12.3. The number of amides is 1. The molecule has 3 aromatic rings. The largest absolute Gasteiger partial charge is 0.382 e. The van der Waals surface area contributed by atoms with Gasteiger partial charge in [0.1, 0.15) is 6.26 Å². The number of piperidine rings is 1. The van der Waals surface area contributed by atoms with Gasteiger partial charge in [0.25, 0.3) is 5.91 Å². The molecular formula is C18H20ClN5O2. The second-order valence-electron chi connectivity index (χ2n) is 6.07. The molecule has 1 amide bonds. The maximum Gasteiger partial charge on any atom is 0.259 e. The lowest BCUT2D eigenvalue weighted by Crippen LogP contribution is -2.35. The predicted octanol–water partition coefficient (Wildman–Crippen LogP) is 3.06. The fourth-order valence-electron chi connectivity index (χ4n) is 3.13. The van der Waals surface area contributed by atoms with Gasteiger partial charge in [-0.15, -0.1) is 12.4 Å². The van der Waals surface area contributed by atoms with Crippen molar-refractivity contribution in [1.29, 1.82) is 0 Å². The van der Waals surface area contributed by atoms with Crippen molar-refractivity contribution in [3.63, 3.8) is 0 Å². The first-order valence-corrected chi connectivity index (χ1v) is 8.38. The number of hydrogen-bond acceptors (Lipinski definition) is 6. The van der Waals surface area contributed by atoms with Gasteiger partial charge in [-0.25, -0.2) is 0 Å². The van der Waals surface area contributed by atoms with Crippen LogP contribution in [0.4, 0.5) is 11.5 Å². The molecule has 136 valence electrons. The molecule has 8 heteroatoms. The van der Waals surface area contributed by atoms with E-state index in [4.69, 9.17) is 4.52 Å². The highest BCUT2D eigenvalue weighted by molar-refractivity contribution is 6.13. The third kappa shape index (κ3) is 3.79. The molecule has 0 radical (unpaired) electrons. The second kappa shape index (κ2) is 8.16. The van der Waals surface area contributed by atoms with Crippen LogP contribution in [0.2, 0.25) is 0 Å². The second-order valence-corrected chi connectivity index (χ2v) is 6.07. The minimum atomic E-state index is -0.258. The summed E-state index contributed by atoms with van der Waals surface area (Å²) in [6.45, 7) is 2.04. The molecule has 26 heavy (non-hydrogen) atoms. The van der Waals surface area contributed by atoms with Crippen molar-refractivity contribution >= 4 is 40.7 Å². The molecule has 0 aliphatic carbocycles. The molecule has 1 fully saturated rings. The van der Waals surface area contributed by atoms with Gasteiger partial charge in [-0.2, -0.15) is 0 Å². The number of rotatable bonds is 4. The Morgan fingerprint density at radius 2 is 2.04 bits per heavy atom. The molecule has 1 aliphatic rings. The topological polar surface area (TPSA) is 92.1 Å². The first kappa shape index (κ1) is 18.2. The molecule has 1 aliphatic heterocycles. The zero-order valence-corrected chi connectivity index (χ0v) is 14.9. The van der Waals surface area contributed by atoms with E-state index in [2.05, 4.69) is 26.1 Å². The lowest BCUT2D eigenvalue weighted by molar-refractivity contribution is 0.102. The third-order valence-electron chi connectivity index (χ3n) is 4.39. The van der Waals surface area contributed by atoms with E-state index in [1.807, 2.05) is 18.2 Å². The number of carbonyl (C=O) groups excluding carboxylic acids is 1. The van der Waals surface area contributed by atoms with E-state index in [1.54, 1.807) is 18.3 Å². The van der Waals surface area contributed by atoms with Crippen LogP contribution in [0, 0.1) is 0 Å². The van der Waals surface area contributed by atoms with Crippen LogP contribution in [0.5, 0.6) is 0 Å². The smallest absolute Gasteiger partial charge is 0.259 e. The zero-order chi connectivity index (χ0) is 17.1. The van der Waals surface area contributed by atoms with Crippen LogP contribution in [0.25, 0.3) is 10.9 Å². The van der Waals surface area contributed by atoms with Crippen molar-refractivity contribution in [3.8, 4) is 0 Å². The Morgan fingerprint density at radius 1 is 1.19 bits per heavy atom. The van der Waals surface area contributed by atoms with Gasteiger partial charge in [-0.3, -0.25) is 9.78 Å². The lowest BCUT2D eigenvalue weighted by atomic mass is 10.0. The van der Waals surface area contributed by atoms with Gasteiger partial charge >= 0.3 is 0 Å². The Labute approximate surface area is 157 Å². The number of aromatic nitrogens is 2. The summed E-state index contributed by atoms with van der Waals surface area (Å²) in [6.07, 6.45) is 5.27. The summed E-state index contributed by atoms with van der Waals surface area (Å²) in [4.78, 5) is 17.0. The summed E-state index contributed by atoms with van der Waals surface area (Å²) in [5, 5.41) is 14.3. The number of benzene rings is 1. The zero-order valence-electron chi connectivity index (χ0n) is 14.1. The molecule has 1 saturated heterocycles. The van der Waals surface area contributed by atoms with Crippen molar-refractivity contribution in [2.75, 3.05) is 23.7 Å². The van der Waals surface area contributed by atoms with Gasteiger partial charge in [-0.1, -0.05) is 5.16 Å². The Kier molecular flexibility index (Phi) is 5.70. The Balaban J connectivity index is 0.00000196. The Morgan fingerprint density at radius 3 is 2.81 bits per heavy atom. The van der Waals surface area contributed by atoms with Crippen LogP contribution in [0.15, 0.2) is 47.3 Å². The van der Waals surface area contributed by atoms with E-state index in [0.717, 1.165) is 37.0 Å². The molecule has 0 spiro atoms. The Hall–Kier alpha value is -2.64. The monoisotopic (exact) mass is 373 g/mol. The Bertz CT molecular complexity index is 878. The van der Waals surface area contributed by atoms with Crippen LogP contribution in [0.3, 0.4) is 0 Å². The first-order valence-electron chi connectivity index (χ1n) is 8.38. The van der Waals surface area contributed by atoms with E-state index in [9.17, 15) is 4.79 Å². The fourth-order valence-corrected chi connectivity index (χ4v) is 3.13. The van der Waals surface area contributed by atoms with E-state index in [-0.39, 0.29) is 18.3 Å². The highest BCUT2D eigenvalue weighted by Gasteiger charge is 2.17. The molecule has 0 saturated carbocycles. The van der Waals surface area contributed by atoms with Gasteiger partial charge < -0.3 is 20.5 Å². The average molecular weight is 374 g/mol. The fraction of sp³-hybridized carbons (Fsp3) is 0.278. The van der Waals surface area contributed by atoms with E-state index in [1.165, 1.54) is 6.26 Å². The van der Waals surface area contributed by atoms with Crippen LogP contribution in [-0.4, -0.2) is 35.2 Å². The standard InChI is InChI=1S/C18H19N5O2.ClH/c24-18(22-16-7-11-25-23-16)14-3-4-15(13-2-1-8-20-17(13)14)21-12-5-9-19-10-6-12;/h1-4,7-8,11-12,19,21H,5-6,9-10H2,(H,22,23,24);1H. The molecule has 4 rings (SSSR count). The van der Waals surface area contributed by atoms with E-state index in [0.29, 0.717) is 22.9 Å². The molecule has 0 unspecified atom stereocenters. The summed E-state index contributed by atoms with van der Waals surface area (Å²) in [5.41, 5.74) is 2.19. The van der Waals surface area contributed by atoms with Gasteiger partial charge in [0.05, 0.1) is 11.1 Å². The lowest BCUT2D eigenvalue weighted by Gasteiger charge is -2.25. The van der Waals surface area contributed by atoms with Gasteiger partial charge in [0.15, 0.2) is 5.82 Å². The molecule has 2 aromatic heterocycles. The number of carbonyl (C=O) groups is 1.